The van der Waals surface area contributed by atoms with Gasteiger partial charge in [0.2, 0.25) is 0 Å². The topological polar surface area (TPSA) is 85.0 Å². The van der Waals surface area contributed by atoms with Crippen molar-refractivity contribution in [1.29, 1.82) is 0 Å². The summed E-state index contributed by atoms with van der Waals surface area (Å²) in [6, 6.07) is 4.51. The third kappa shape index (κ3) is 2.87. The Bertz CT molecular complexity index is 736. The van der Waals surface area contributed by atoms with Crippen molar-refractivity contribution in [2.24, 2.45) is 5.84 Å². The van der Waals surface area contributed by atoms with Crippen molar-refractivity contribution in [2.45, 2.75) is 25.6 Å². The average molecular weight is 325 g/mol. The summed E-state index contributed by atoms with van der Waals surface area (Å²) in [6.07, 6.45) is -2.81. The van der Waals surface area contributed by atoms with E-state index in [2.05, 4.69) is 15.8 Å². The number of nitrogens with one attached hydrogen (secondary N) is 2. The van der Waals surface area contributed by atoms with Crippen LogP contribution in [-0.4, -0.2) is 15.7 Å². The largest absolute Gasteiger partial charge is 0.416 e. The predicted octanol–water partition coefficient (Wildman–Crippen LogP) is 2.20. The van der Waals surface area contributed by atoms with Crippen molar-refractivity contribution < 1.29 is 18.0 Å². The molecule has 2 heterocycles. The maximum atomic E-state index is 12.6. The number of amides is 1. The zero-order valence-electron chi connectivity index (χ0n) is 11.9. The second kappa shape index (κ2) is 5.58. The first-order valence-electron chi connectivity index (χ1n) is 6.95. The second-order valence-electron chi connectivity index (χ2n) is 5.17. The van der Waals surface area contributed by atoms with Gasteiger partial charge in [0.05, 0.1) is 11.3 Å². The highest BCUT2D eigenvalue weighted by Crippen LogP contribution is 2.31. The zero-order chi connectivity index (χ0) is 16.6. The molecule has 9 heteroatoms. The number of nitrogens with two attached hydrogens (primary N) is 1. The summed E-state index contributed by atoms with van der Waals surface area (Å²) in [5.74, 6) is 4.99. The van der Waals surface area contributed by atoms with E-state index >= 15 is 0 Å². The Hall–Kier alpha value is -2.55. The number of hydrogen-bond donors (Lipinski definition) is 3. The van der Waals surface area contributed by atoms with Gasteiger partial charge in [-0.25, -0.2) is 5.84 Å². The summed E-state index contributed by atoms with van der Waals surface area (Å²) < 4.78 is 39.4. The van der Waals surface area contributed by atoms with Crippen LogP contribution in [-0.2, 0) is 19.1 Å². The van der Waals surface area contributed by atoms with Gasteiger partial charge in [-0.3, -0.25) is 14.9 Å². The molecule has 1 aliphatic rings. The van der Waals surface area contributed by atoms with Gasteiger partial charge in [-0.1, -0.05) is 0 Å². The molecule has 0 aliphatic carbocycles. The van der Waals surface area contributed by atoms with Gasteiger partial charge >= 0.3 is 6.18 Å². The first-order valence-corrected chi connectivity index (χ1v) is 6.95. The van der Waals surface area contributed by atoms with E-state index in [0.717, 1.165) is 24.2 Å². The second-order valence-corrected chi connectivity index (χ2v) is 5.17. The monoisotopic (exact) mass is 325 g/mol. The molecule has 0 spiro atoms. The number of rotatable bonds is 3. The molecule has 0 bridgehead atoms. The molecule has 1 aliphatic heterocycles. The van der Waals surface area contributed by atoms with Crippen LogP contribution in [0.2, 0.25) is 0 Å². The van der Waals surface area contributed by atoms with E-state index in [9.17, 15) is 18.0 Å². The first kappa shape index (κ1) is 15.3. The van der Waals surface area contributed by atoms with E-state index < -0.39 is 17.6 Å². The van der Waals surface area contributed by atoms with E-state index in [1.165, 1.54) is 12.1 Å². The lowest BCUT2D eigenvalue weighted by Gasteiger charge is -2.09. The number of carbonyl (C=O) groups excluding carboxylic acids is 1. The Morgan fingerprint density at radius 1 is 1.26 bits per heavy atom. The Morgan fingerprint density at radius 3 is 2.57 bits per heavy atom. The Morgan fingerprint density at radius 2 is 1.96 bits per heavy atom. The number of alkyl halides is 3. The number of anilines is 2. The summed E-state index contributed by atoms with van der Waals surface area (Å²) in [5, 5.41) is 7.17. The zero-order valence-corrected chi connectivity index (χ0v) is 11.9. The van der Waals surface area contributed by atoms with Crippen molar-refractivity contribution >= 4 is 17.4 Å². The standard InChI is InChI=1S/C14H14F3N5O/c15-14(16,17)8-3-5-9(6-4-8)19-12-11(13(23)20-18)10-2-1-7-22(10)21-12/h3-6H,1-2,7,18H2,(H,19,21)(H,20,23). The van der Waals surface area contributed by atoms with Crippen molar-refractivity contribution in [1.82, 2.24) is 15.2 Å². The fraction of sp³-hybridized carbons (Fsp3) is 0.286. The minimum Gasteiger partial charge on any atom is -0.338 e. The molecular weight excluding hydrogens is 311 g/mol. The molecule has 23 heavy (non-hydrogen) atoms. The maximum absolute atomic E-state index is 12.6. The molecular formula is C14H14F3N5O. The third-order valence-electron chi connectivity index (χ3n) is 3.67. The number of hydrogen-bond acceptors (Lipinski definition) is 4. The number of benzene rings is 1. The van der Waals surface area contributed by atoms with Gasteiger partial charge in [0.15, 0.2) is 5.82 Å². The van der Waals surface area contributed by atoms with Gasteiger partial charge in [-0.05, 0) is 37.1 Å². The van der Waals surface area contributed by atoms with Crippen molar-refractivity contribution in [3.05, 3.63) is 41.1 Å². The highest BCUT2D eigenvalue weighted by molar-refractivity contribution is 6.00. The number of nitrogen functional groups attached to an aromatic ring is 1. The highest BCUT2D eigenvalue weighted by atomic mass is 19.4. The van der Waals surface area contributed by atoms with Gasteiger partial charge < -0.3 is 5.32 Å². The SMILES string of the molecule is NNC(=O)c1c(Nc2ccc(C(F)(F)F)cc2)nn2c1CCC2. The van der Waals surface area contributed by atoms with Crippen molar-refractivity contribution in [2.75, 3.05) is 5.32 Å². The summed E-state index contributed by atoms with van der Waals surface area (Å²) in [5.41, 5.74) is 2.82. The summed E-state index contributed by atoms with van der Waals surface area (Å²) in [7, 11) is 0. The highest BCUT2D eigenvalue weighted by Gasteiger charge is 2.30. The van der Waals surface area contributed by atoms with Crippen LogP contribution in [0.1, 0.15) is 28.0 Å². The van der Waals surface area contributed by atoms with Crippen molar-refractivity contribution in [3.8, 4) is 0 Å². The molecule has 122 valence electrons. The van der Waals surface area contributed by atoms with E-state index in [4.69, 9.17) is 5.84 Å². The van der Waals surface area contributed by atoms with Gasteiger partial charge in [-0.15, -0.1) is 0 Å². The fourth-order valence-corrected chi connectivity index (χ4v) is 2.61. The summed E-state index contributed by atoms with van der Waals surface area (Å²) in [6.45, 7) is 0.689. The third-order valence-corrected chi connectivity index (χ3v) is 3.67. The number of hydrazine groups is 1. The average Bonchev–Trinajstić information content (AvgIpc) is 3.06. The normalized spacial score (nSPS) is 13.7. The summed E-state index contributed by atoms with van der Waals surface area (Å²) in [4.78, 5) is 12.0. The fourth-order valence-electron chi connectivity index (χ4n) is 2.61. The van der Waals surface area contributed by atoms with Gasteiger partial charge in [0, 0.05) is 12.2 Å². The van der Waals surface area contributed by atoms with Crippen LogP contribution in [0.5, 0.6) is 0 Å². The van der Waals surface area contributed by atoms with Gasteiger partial charge in [0.25, 0.3) is 5.91 Å². The molecule has 1 amide bonds. The van der Waals surface area contributed by atoms with E-state index in [1.54, 1.807) is 4.68 Å². The number of nitrogens with zero attached hydrogens (tertiary/aromatic N) is 2. The van der Waals surface area contributed by atoms with Gasteiger partial charge in [-0.2, -0.15) is 18.3 Å². The van der Waals surface area contributed by atoms with Crippen LogP contribution in [0.25, 0.3) is 0 Å². The van der Waals surface area contributed by atoms with E-state index in [-0.39, 0.29) is 5.82 Å². The predicted molar refractivity (Wildman–Crippen MR) is 76.9 cm³/mol. The molecule has 4 N–H and O–H groups in total. The lowest BCUT2D eigenvalue weighted by atomic mass is 10.1. The van der Waals surface area contributed by atoms with Crippen LogP contribution in [0.3, 0.4) is 0 Å². The number of carbonyl (C=O) groups is 1. The Labute approximate surface area is 129 Å². The van der Waals surface area contributed by atoms with Crippen molar-refractivity contribution in [3.63, 3.8) is 0 Å². The molecule has 0 saturated carbocycles. The lowest BCUT2D eigenvalue weighted by Crippen LogP contribution is -2.31. The van der Waals surface area contributed by atoms with Gasteiger partial charge in [0.1, 0.15) is 5.56 Å². The van der Waals surface area contributed by atoms with Crippen LogP contribution < -0.4 is 16.6 Å². The summed E-state index contributed by atoms with van der Waals surface area (Å²) >= 11 is 0. The number of fused-ring (bicyclic) bond motifs is 1. The van der Waals surface area contributed by atoms with E-state index in [1.807, 2.05) is 0 Å². The van der Waals surface area contributed by atoms with Crippen LogP contribution in [0, 0.1) is 0 Å². The number of aromatic nitrogens is 2. The molecule has 0 unspecified atom stereocenters. The van der Waals surface area contributed by atoms with E-state index in [0.29, 0.717) is 24.2 Å². The molecule has 0 radical (unpaired) electrons. The molecule has 0 atom stereocenters. The molecule has 2 aromatic rings. The minimum atomic E-state index is -4.39. The lowest BCUT2D eigenvalue weighted by molar-refractivity contribution is -0.137. The minimum absolute atomic E-state index is 0.280. The number of halogens is 3. The molecule has 0 fully saturated rings. The quantitative estimate of drug-likeness (QED) is 0.459. The van der Waals surface area contributed by atoms with Crippen LogP contribution in [0.15, 0.2) is 24.3 Å². The molecule has 0 saturated heterocycles. The Balaban J connectivity index is 1.90. The smallest absolute Gasteiger partial charge is 0.338 e. The van der Waals surface area contributed by atoms with Crippen LogP contribution in [0.4, 0.5) is 24.7 Å². The molecule has 3 rings (SSSR count). The first-order chi connectivity index (χ1) is 10.9. The maximum Gasteiger partial charge on any atom is 0.416 e. The molecule has 6 nitrogen and oxygen atoms in total. The number of aryl methyl sites for hydroxylation is 1. The Kier molecular flexibility index (Phi) is 3.72. The van der Waals surface area contributed by atoms with Crippen LogP contribution >= 0.6 is 0 Å². The molecule has 1 aromatic heterocycles. The molecule has 1 aromatic carbocycles.